The van der Waals surface area contributed by atoms with E-state index in [0.717, 1.165) is 5.56 Å². The molecule has 1 aromatic carbocycles. The lowest BCUT2D eigenvalue weighted by atomic mass is 9.92. The molecule has 0 aliphatic heterocycles. The van der Waals surface area contributed by atoms with Crippen molar-refractivity contribution < 1.29 is 28.5 Å². The van der Waals surface area contributed by atoms with Gasteiger partial charge in [-0.1, -0.05) is 51.1 Å². The molecule has 0 aliphatic carbocycles. The lowest BCUT2D eigenvalue weighted by Crippen LogP contribution is -2.48. The van der Waals surface area contributed by atoms with Gasteiger partial charge in [0.25, 0.3) is 0 Å². The highest BCUT2D eigenvalue weighted by molar-refractivity contribution is 6.74. The van der Waals surface area contributed by atoms with Crippen molar-refractivity contribution in [1.82, 2.24) is 0 Å². The summed E-state index contributed by atoms with van der Waals surface area (Å²) in [5, 5.41) is 10.3. The SMILES string of the molecule is COCCOCOCC(CO)(COCc1ccccc1)CO[Si](C)(C)C(C)(C)C. The molecule has 6 nitrogen and oxygen atoms in total. The lowest BCUT2D eigenvalue weighted by Gasteiger charge is -2.40. The Balaban J connectivity index is 2.69. The fourth-order valence-electron chi connectivity index (χ4n) is 2.29. The number of benzene rings is 1. The molecule has 29 heavy (non-hydrogen) atoms. The van der Waals surface area contributed by atoms with Gasteiger partial charge in [-0.15, -0.1) is 0 Å². The summed E-state index contributed by atoms with van der Waals surface area (Å²) in [6, 6.07) is 9.99. The Bertz CT molecular complexity index is 546. The molecule has 0 saturated heterocycles. The summed E-state index contributed by atoms with van der Waals surface area (Å²) in [6.45, 7) is 13.5. The molecule has 0 amide bonds. The first kappa shape index (κ1) is 26.2. The average Bonchev–Trinajstić information content (AvgIpc) is 2.68. The zero-order chi connectivity index (χ0) is 21.8. The standard InChI is InChI=1S/C22H40O6Si/c1-21(2,3)29(5,6)28-18-22(15-23,17-27-19-25-13-12-24-4)16-26-14-20-10-8-7-9-11-20/h7-11,23H,12-19H2,1-6H3. The number of aliphatic hydroxyl groups excluding tert-OH is 1. The smallest absolute Gasteiger partial charge is 0.192 e. The van der Waals surface area contributed by atoms with Gasteiger partial charge in [-0.3, -0.25) is 0 Å². The van der Waals surface area contributed by atoms with Crippen molar-refractivity contribution in [2.75, 3.05) is 53.5 Å². The van der Waals surface area contributed by atoms with Gasteiger partial charge in [0.2, 0.25) is 0 Å². The van der Waals surface area contributed by atoms with E-state index >= 15 is 0 Å². The second-order valence-electron chi connectivity index (χ2n) is 9.05. The number of aliphatic hydroxyl groups is 1. The predicted molar refractivity (Wildman–Crippen MR) is 117 cm³/mol. The monoisotopic (exact) mass is 428 g/mol. The first-order valence-electron chi connectivity index (χ1n) is 10.2. The Morgan fingerprint density at radius 1 is 0.897 bits per heavy atom. The molecule has 168 valence electrons. The minimum absolute atomic E-state index is 0.0865. The Hall–Kier alpha value is -0.803. The molecule has 0 heterocycles. The zero-order valence-corrected chi connectivity index (χ0v) is 20.0. The van der Waals surface area contributed by atoms with E-state index in [1.165, 1.54) is 0 Å². The van der Waals surface area contributed by atoms with Crippen LogP contribution >= 0.6 is 0 Å². The van der Waals surface area contributed by atoms with Crippen LogP contribution in [-0.2, 0) is 30.0 Å². The fourth-order valence-corrected chi connectivity index (χ4v) is 3.39. The topological polar surface area (TPSA) is 66.4 Å². The second kappa shape index (κ2) is 12.8. The minimum Gasteiger partial charge on any atom is -0.416 e. The number of hydrogen-bond acceptors (Lipinski definition) is 6. The van der Waals surface area contributed by atoms with Crippen LogP contribution in [0.25, 0.3) is 0 Å². The van der Waals surface area contributed by atoms with Crippen LogP contribution in [0.15, 0.2) is 30.3 Å². The summed E-state index contributed by atoms with van der Waals surface area (Å²) in [7, 11) is -0.341. The molecule has 0 spiro atoms. The first-order valence-corrected chi connectivity index (χ1v) is 13.1. The number of ether oxygens (including phenoxy) is 4. The summed E-state index contributed by atoms with van der Waals surface area (Å²) in [4.78, 5) is 0. The molecule has 0 aliphatic rings. The van der Waals surface area contributed by atoms with Crippen molar-refractivity contribution in [2.45, 2.75) is 45.5 Å². The number of methoxy groups -OCH3 is 1. The minimum atomic E-state index is -1.97. The normalized spacial score (nSPS) is 14.7. The summed E-state index contributed by atoms with van der Waals surface area (Å²) in [5.41, 5.74) is 0.447. The molecule has 1 atom stereocenters. The molecule has 0 bridgehead atoms. The highest BCUT2D eigenvalue weighted by Crippen LogP contribution is 2.37. The third-order valence-electron chi connectivity index (χ3n) is 5.41. The summed E-state index contributed by atoms with van der Waals surface area (Å²) >= 11 is 0. The van der Waals surface area contributed by atoms with Crippen LogP contribution in [0.4, 0.5) is 0 Å². The Kier molecular flexibility index (Phi) is 11.6. The second-order valence-corrected chi connectivity index (χ2v) is 13.9. The van der Waals surface area contributed by atoms with E-state index in [4.69, 9.17) is 23.4 Å². The van der Waals surface area contributed by atoms with Crippen LogP contribution in [0.5, 0.6) is 0 Å². The highest BCUT2D eigenvalue weighted by atomic mass is 28.4. The van der Waals surface area contributed by atoms with Gasteiger partial charge in [0.15, 0.2) is 8.32 Å². The molecule has 0 saturated carbocycles. The molecule has 0 radical (unpaired) electrons. The van der Waals surface area contributed by atoms with Gasteiger partial charge in [-0.25, -0.2) is 0 Å². The van der Waals surface area contributed by atoms with E-state index in [1.54, 1.807) is 7.11 Å². The van der Waals surface area contributed by atoms with Crippen LogP contribution in [0.1, 0.15) is 26.3 Å². The molecule has 1 rings (SSSR count). The molecule has 1 N–H and O–H groups in total. The maximum absolute atomic E-state index is 10.2. The first-order chi connectivity index (χ1) is 13.7. The van der Waals surface area contributed by atoms with Gasteiger partial charge >= 0.3 is 0 Å². The highest BCUT2D eigenvalue weighted by Gasteiger charge is 2.40. The summed E-state index contributed by atoms with van der Waals surface area (Å²) < 4.78 is 28.4. The third kappa shape index (κ3) is 9.70. The molecular weight excluding hydrogens is 388 g/mol. The van der Waals surface area contributed by atoms with Crippen molar-refractivity contribution in [3.8, 4) is 0 Å². The quantitative estimate of drug-likeness (QED) is 0.260. The molecule has 1 unspecified atom stereocenters. The van der Waals surface area contributed by atoms with Gasteiger partial charge in [-0.05, 0) is 23.7 Å². The van der Waals surface area contributed by atoms with Crippen molar-refractivity contribution in [1.29, 1.82) is 0 Å². The van der Waals surface area contributed by atoms with Crippen molar-refractivity contribution >= 4 is 8.32 Å². The van der Waals surface area contributed by atoms with Gasteiger partial charge in [0.05, 0.1) is 45.1 Å². The van der Waals surface area contributed by atoms with E-state index in [2.05, 4.69) is 33.9 Å². The van der Waals surface area contributed by atoms with Crippen molar-refractivity contribution in [3.63, 3.8) is 0 Å². The van der Waals surface area contributed by atoms with Crippen LogP contribution in [0.2, 0.25) is 18.1 Å². The predicted octanol–water partition coefficient (Wildman–Crippen LogP) is 3.84. The summed E-state index contributed by atoms with van der Waals surface area (Å²) in [6.07, 6.45) is 0. The zero-order valence-electron chi connectivity index (χ0n) is 19.0. The van der Waals surface area contributed by atoms with Crippen molar-refractivity contribution in [3.05, 3.63) is 35.9 Å². The Labute approximate surface area is 177 Å². The average molecular weight is 429 g/mol. The fraction of sp³-hybridized carbons (Fsp3) is 0.727. The van der Waals surface area contributed by atoms with E-state index in [0.29, 0.717) is 39.6 Å². The molecule has 0 aromatic heterocycles. The van der Waals surface area contributed by atoms with Crippen LogP contribution in [0, 0.1) is 5.41 Å². The van der Waals surface area contributed by atoms with Gasteiger partial charge < -0.3 is 28.5 Å². The Morgan fingerprint density at radius 2 is 1.55 bits per heavy atom. The Morgan fingerprint density at radius 3 is 2.14 bits per heavy atom. The number of hydrogen-bond donors (Lipinski definition) is 1. The third-order valence-corrected chi connectivity index (χ3v) is 9.89. The molecule has 7 heteroatoms. The van der Waals surface area contributed by atoms with E-state index in [1.807, 2.05) is 30.3 Å². The van der Waals surface area contributed by atoms with E-state index in [-0.39, 0.29) is 18.4 Å². The van der Waals surface area contributed by atoms with Crippen LogP contribution in [-0.4, -0.2) is 67.0 Å². The lowest BCUT2D eigenvalue weighted by molar-refractivity contribution is -0.126. The van der Waals surface area contributed by atoms with Gasteiger partial charge in [-0.2, -0.15) is 0 Å². The van der Waals surface area contributed by atoms with Crippen LogP contribution in [0.3, 0.4) is 0 Å². The van der Waals surface area contributed by atoms with E-state index < -0.39 is 13.7 Å². The molecule has 1 aromatic rings. The molecular formula is C22H40O6Si. The maximum atomic E-state index is 10.2. The van der Waals surface area contributed by atoms with Gasteiger partial charge in [0, 0.05) is 13.7 Å². The largest absolute Gasteiger partial charge is 0.416 e. The number of rotatable bonds is 15. The maximum Gasteiger partial charge on any atom is 0.192 e. The van der Waals surface area contributed by atoms with E-state index in [9.17, 15) is 5.11 Å². The van der Waals surface area contributed by atoms with Gasteiger partial charge in [0.1, 0.15) is 6.79 Å². The van der Waals surface area contributed by atoms with Crippen molar-refractivity contribution in [2.24, 2.45) is 5.41 Å². The molecule has 0 fully saturated rings. The summed E-state index contributed by atoms with van der Waals surface area (Å²) in [5.74, 6) is 0. The van der Waals surface area contributed by atoms with Crippen LogP contribution < -0.4 is 0 Å².